The fourth-order valence-electron chi connectivity index (χ4n) is 4.52. The van der Waals surface area contributed by atoms with Crippen molar-refractivity contribution in [2.75, 3.05) is 46.3 Å². The Morgan fingerprint density at radius 2 is 1.74 bits per heavy atom. The van der Waals surface area contributed by atoms with Crippen molar-refractivity contribution in [2.24, 2.45) is 5.92 Å². The zero-order chi connectivity index (χ0) is 19.0. The van der Waals surface area contributed by atoms with Crippen LogP contribution in [0.2, 0.25) is 0 Å². The van der Waals surface area contributed by atoms with Gasteiger partial charge in [0.15, 0.2) is 0 Å². The van der Waals surface area contributed by atoms with Gasteiger partial charge in [-0.2, -0.15) is 0 Å². The van der Waals surface area contributed by atoms with E-state index >= 15 is 0 Å². The van der Waals surface area contributed by atoms with Gasteiger partial charge in [-0.15, -0.1) is 0 Å². The molecule has 1 atom stereocenters. The second-order valence-electron chi connectivity index (χ2n) is 8.71. The molecule has 1 unspecified atom stereocenters. The van der Waals surface area contributed by atoms with Crippen molar-refractivity contribution in [3.63, 3.8) is 0 Å². The van der Waals surface area contributed by atoms with E-state index in [0.29, 0.717) is 23.4 Å². The van der Waals surface area contributed by atoms with Gasteiger partial charge in [-0.25, -0.2) is 9.97 Å². The van der Waals surface area contributed by atoms with Gasteiger partial charge >= 0.3 is 0 Å². The van der Waals surface area contributed by atoms with Gasteiger partial charge in [0.25, 0.3) is 5.91 Å². The van der Waals surface area contributed by atoms with Gasteiger partial charge in [-0.3, -0.25) is 9.69 Å². The molecule has 1 amide bonds. The number of nitrogens with zero attached hydrogens (tertiary/aromatic N) is 5. The molecule has 148 valence electrons. The van der Waals surface area contributed by atoms with Crippen LogP contribution in [0.25, 0.3) is 0 Å². The predicted molar refractivity (Wildman–Crippen MR) is 106 cm³/mol. The fourth-order valence-corrected chi connectivity index (χ4v) is 4.52. The average molecular weight is 372 g/mol. The number of carbonyl (C=O) groups excluding carboxylic acids is 1. The molecule has 2 saturated heterocycles. The molecule has 3 fully saturated rings. The topological polar surface area (TPSA) is 52.6 Å². The number of likely N-dealkylation sites (tertiary alicyclic amines) is 1. The number of likely N-dealkylation sites (N-methyl/N-ethyl adjacent to an activating group) is 1. The van der Waals surface area contributed by atoms with E-state index in [1.807, 2.05) is 11.8 Å². The van der Waals surface area contributed by atoms with Gasteiger partial charge in [0.05, 0.1) is 11.3 Å². The summed E-state index contributed by atoms with van der Waals surface area (Å²) in [5.41, 5.74) is 1.52. The van der Waals surface area contributed by atoms with Crippen LogP contribution in [0.5, 0.6) is 0 Å². The van der Waals surface area contributed by atoms with E-state index < -0.39 is 0 Å². The van der Waals surface area contributed by atoms with E-state index in [2.05, 4.69) is 33.7 Å². The number of aromatic nitrogens is 2. The molecular formula is C21H33N5O. The van der Waals surface area contributed by atoms with Gasteiger partial charge in [0.1, 0.15) is 5.82 Å². The summed E-state index contributed by atoms with van der Waals surface area (Å²) in [6.07, 6.45) is 6.33. The second-order valence-corrected chi connectivity index (χ2v) is 8.71. The maximum Gasteiger partial charge on any atom is 0.257 e. The summed E-state index contributed by atoms with van der Waals surface area (Å²) in [6.45, 7) is 10.7. The number of piperazine rings is 1. The molecular weight excluding hydrogens is 338 g/mol. The van der Waals surface area contributed by atoms with Crippen LogP contribution in [0.15, 0.2) is 6.20 Å². The van der Waals surface area contributed by atoms with Crippen molar-refractivity contribution in [1.29, 1.82) is 0 Å². The summed E-state index contributed by atoms with van der Waals surface area (Å²) >= 11 is 0. The third-order valence-corrected chi connectivity index (χ3v) is 6.79. The third-order valence-electron chi connectivity index (χ3n) is 6.79. The number of aryl methyl sites for hydroxylation is 1. The first-order valence-electron chi connectivity index (χ1n) is 10.6. The molecule has 3 heterocycles. The minimum Gasteiger partial charge on any atom is -0.339 e. The maximum absolute atomic E-state index is 13.0. The first-order valence-corrected chi connectivity index (χ1v) is 10.6. The average Bonchev–Trinajstić information content (AvgIpc) is 3.53. The van der Waals surface area contributed by atoms with Crippen molar-refractivity contribution >= 4 is 5.91 Å². The smallest absolute Gasteiger partial charge is 0.257 e. The van der Waals surface area contributed by atoms with Crippen molar-refractivity contribution in [3.05, 3.63) is 23.3 Å². The lowest BCUT2D eigenvalue weighted by molar-refractivity contribution is 0.0499. The SMILES string of the molecule is Cc1nc(C2CC2)ncc1C(=O)N1CCC(C(C)N2CCN(C)CC2)CC1. The molecule has 0 spiro atoms. The van der Waals surface area contributed by atoms with Gasteiger partial charge in [-0.05, 0) is 52.5 Å². The molecule has 1 aromatic heterocycles. The van der Waals surface area contributed by atoms with Crippen LogP contribution in [0.3, 0.4) is 0 Å². The van der Waals surface area contributed by atoms with Crippen LogP contribution >= 0.6 is 0 Å². The molecule has 6 heteroatoms. The Labute approximate surface area is 162 Å². The van der Waals surface area contributed by atoms with Crippen molar-refractivity contribution in [3.8, 4) is 0 Å². The van der Waals surface area contributed by atoms with Crippen LogP contribution in [-0.2, 0) is 0 Å². The maximum atomic E-state index is 13.0. The quantitative estimate of drug-likeness (QED) is 0.812. The van der Waals surface area contributed by atoms with Crippen molar-refractivity contribution in [1.82, 2.24) is 24.7 Å². The third kappa shape index (κ3) is 4.16. The monoisotopic (exact) mass is 371 g/mol. The predicted octanol–water partition coefficient (Wildman–Crippen LogP) is 2.15. The molecule has 1 aromatic rings. The number of hydrogen-bond donors (Lipinski definition) is 0. The minimum absolute atomic E-state index is 0.112. The van der Waals surface area contributed by atoms with E-state index in [9.17, 15) is 4.79 Å². The highest BCUT2D eigenvalue weighted by Gasteiger charge is 2.32. The number of piperidine rings is 1. The highest BCUT2D eigenvalue weighted by Crippen LogP contribution is 2.38. The van der Waals surface area contributed by atoms with Crippen LogP contribution in [0, 0.1) is 12.8 Å². The minimum atomic E-state index is 0.112. The molecule has 0 aromatic carbocycles. The lowest BCUT2D eigenvalue weighted by atomic mass is 9.88. The largest absolute Gasteiger partial charge is 0.339 e. The molecule has 0 N–H and O–H groups in total. The highest BCUT2D eigenvalue weighted by atomic mass is 16.2. The Morgan fingerprint density at radius 1 is 1.07 bits per heavy atom. The first-order chi connectivity index (χ1) is 13.0. The highest BCUT2D eigenvalue weighted by molar-refractivity contribution is 5.95. The summed E-state index contributed by atoms with van der Waals surface area (Å²) in [6, 6.07) is 0.610. The van der Waals surface area contributed by atoms with E-state index in [1.165, 1.54) is 25.9 Å². The van der Waals surface area contributed by atoms with Crippen LogP contribution in [-0.4, -0.2) is 82.9 Å². The zero-order valence-corrected chi connectivity index (χ0v) is 17.0. The Hall–Kier alpha value is -1.53. The molecule has 0 radical (unpaired) electrons. The van der Waals surface area contributed by atoms with E-state index in [-0.39, 0.29) is 5.91 Å². The Bertz CT molecular complexity index is 673. The fraction of sp³-hybridized carbons (Fsp3) is 0.762. The van der Waals surface area contributed by atoms with Crippen molar-refractivity contribution < 1.29 is 4.79 Å². The summed E-state index contributed by atoms with van der Waals surface area (Å²) in [5.74, 6) is 2.25. The van der Waals surface area contributed by atoms with Gasteiger partial charge in [-0.1, -0.05) is 0 Å². The molecule has 4 rings (SSSR count). The Morgan fingerprint density at radius 3 is 2.33 bits per heavy atom. The summed E-state index contributed by atoms with van der Waals surface area (Å²) < 4.78 is 0. The number of carbonyl (C=O) groups is 1. The van der Waals surface area contributed by atoms with E-state index in [4.69, 9.17) is 0 Å². The molecule has 2 aliphatic heterocycles. The molecule has 0 bridgehead atoms. The van der Waals surface area contributed by atoms with Gasteiger partial charge in [0.2, 0.25) is 0 Å². The number of rotatable bonds is 4. The summed E-state index contributed by atoms with van der Waals surface area (Å²) in [7, 11) is 2.20. The van der Waals surface area contributed by atoms with Crippen molar-refractivity contribution in [2.45, 2.75) is 51.5 Å². The molecule has 1 aliphatic carbocycles. The van der Waals surface area contributed by atoms with Crippen LogP contribution in [0.4, 0.5) is 0 Å². The Kier molecular flexibility index (Phi) is 5.46. The van der Waals surface area contributed by atoms with Crippen LogP contribution < -0.4 is 0 Å². The lowest BCUT2D eigenvalue weighted by Gasteiger charge is -2.42. The molecule has 1 saturated carbocycles. The molecule has 27 heavy (non-hydrogen) atoms. The molecule has 6 nitrogen and oxygen atoms in total. The first kappa shape index (κ1) is 18.8. The Balaban J connectivity index is 1.32. The summed E-state index contributed by atoms with van der Waals surface area (Å²) in [5, 5.41) is 0. The number of hydrogen-bond acceptors (Lipinski definition) is 5. The summed E-state index contributed by atoms with van der Waals surface area (Å²) in [4.78, 5) is 29.1. The lowest BCUT2D eigenvalue weighted by Crippen LogP contribution is -2.52. The standard InChI is InChI=1S/C21H33N5O/c1-15-19(14-22-20(23-15)18-4-5-18)21(27)26-8-6-17(7-9-26)16(2)25-12-10-24(3)11-13-25/h14,16-18H,4-13H2,1-3H3. The second kappa shape index (κ2) is 7.84. The van der Waals surface area contributed by atoms with Gasteiger partial charge < -0.3 is 9.80 Å². The van der Waals surface area contributed by atoms with E-state index in [0.717, 1.165) is 50.5 Å². The normalized spacial score (nSPS) is 24.2. The molecule has 3 aliphatic rings. The van der Waals surface area contributed by atoms with E-state index in [1.54, 1.807) is 6.20 Å². The number of amides is 1. The van der Waals surface area contributed by atoms with Crippen LogP contribution in [0.1, 0.15) is 60.4 Å². The van der Waals surface area contributed by atoms with Gasteiger partial charge in [0, 0.05) is 57.4 Å². The zero-order valence-electron chi connectivity index (χ0n) is 17.0.